The van der Waals surface area contributed by atoms with Gasteiger partial charge >= 0.3 is 0 Å². The number of benzene rings is 1. The molecule has 1 aliphatic rings. The molecule has 0 radical (unpaired) electrons. The molecule has 1 aromatic rings. The van der Waals surface area contributed by atoms with Crippen LogP contribution in [0.5, 0.6) is 0 Å². The summed E-state index contributed by atoms with van der Waals surface area (Å²) in [5.41, 5.74) is 0.834. The van der Waals surface area contributed by atoms with Gasteiger partial charge in [-0.1, -0.05) is 44.2 Å². The molecule has 0 aliphatic heterocycles. The second-order valence-electron chi connectivity index (χ2n) is 9.87. The van der Waals surface area contributed by atoms with Crippen molar-refractivity contribution in [2.45, 2.75) is 77.0 Å². The van der Waals surface area contributed by atoms with Gasteiger partial charge < -0.3 is 21.3 Å². The quantitative estimate of drug-likeness (QED) is 0.239. The Kier molecular flexibility index (Phi) is 11.9. The SMILES string of the molecule is CC(=O)N[C@@H](Cc1ccccc1)C(=O)N[C@@H](CC(C)C)C(=O)N[C@@H](CCS(C)=O)C(=O)C(=O)NC1CC1. The van der Waals surface area contributed by atoms with Gasteiger partial charge in [0.2, 0.25) is 23.5 Å². The van der Waals surface area contributed by atoms with Gasteiger partial charge in [-0.25, -0.2) is 0 Å². The zero-order valence-electron chi connectivity index (χ0n) is 21.9. The molecule has 11 heteroatoms. The van der Waals surface area contributed by atoms with E-state index in [9.17, 15) is 28.2 Å². The minimum atomic E-state index is -1.23. The number of carbonyl (C=O) groups is 5. The van der Waals surface area contributed by atoms with Crippen LogP contribution in [0.25, 0.3) is 0 Å². The average Bonchev–Trinajstić information content (AvgIpc) is 3.64. The number of hydrogen-bond donors (Lipinski definition) is 4. The van der Waals surface area contributed by atoms with Gasteiger partial charge in [0.05, 0.1) is 6.04 Å². The number of ketones is 1. The van der Waals surface area contributed by atoms with Crippen LogP contribution in [0.2, 0.25) is 0 Å². The molecule has 10 nitrogen and oxygen atoms in total. The van der Waals surface area contributed by atoms with Crippen molar-refractivity contribution < 1.29 is 28.2 Å². The molecular formula is C26H38N4O6S. The van der Waals surface area contributed by atoms with Crippen molar-refractivity contribution in [3.63, 3.8) is 0 Å². The first-order valence-corrected chi connectivity index (χ1v) is 14.3. The third kappa shape index (κ3) is 11.2. The number of carbonyl (C=O) groups excluding carboxylic acids is 5. The van der Waals surface area contributed by atoms with Crippen molar-refractivity contribution in [1.82, 2.24) is 21.3 Å². The van der Waals surface area contributed by atoms with Crippen molar-refractivity contribution in [3.8, 4) is 0 Å². The molecule has 1 unspecified atom stereocenters. The summed E-state index contributed by atoms with van der Waals surface area (Å²) in [6, 6.07) is 6.05. The summed E-state index contributed by atoms with van der Waals surface area (Å²) in [7, 11) is -1.23. The zero-order chi connectivity index (χ0) is 27.5. The Balaban J connectivity index is 2.16. The molecule has 1 saturated carbocycles. The van der Waals surface area contributed by atoms with Crippen LogP contribution < -0.4 is 21.3 Å². The van der Waals surface area contributed by atoms with Crippen molar-refractivity contribution in [2.24, 2.45) is 5.92 Å². The van der Waals surface area contributed by atoms with Gasteiger partial charge in [0.25, 0.3) is 5.91 Å². The number of amides is 4. The third-order valence-corrected chi connectivity index (χ3v) is 6.59. The van der Waals surface area contributed by atoms with Crippen LogP contribution in [0.15, 0.2) is 30.3 Å². The molecular weight excluding hydrogens is 496 g/mol. The van der Waals surface area contributed by atoms with Gasteiger partial charge in [0.1, 0.15) is 12.1 Å². The fourth-order valence-corrected chi connectivity index (χ4v) is 4.31. The Bertz CT molecular complexity index is 996. The number of hydrogen-bond acceptors (Lipinski definition) is 6. The molecule has 1 aromatic carbocycles. The lowest BCUT2D eigenvalue weighted by Gasteiger charge is -2.26. The van der Waals surface area contributed by atoms with Crippen LogP contribution in [0.3, 0.4) is 0 Å². The normalized spacial score (nSPS) is 16.1. The second-order valence-corrected chi connectivity index (χ2v) is 11.4. The van der Waals surface area contributed by atoms with E-state index >= 15 is 0 Å². The lowest BCUT2D eigenvalue weighted by molar-refractivity contribution is -0.140. The highest BCUT2D eigenvalue weighted by atomic mass is 32.2. The van der Waals surface area contributed by atoms with Crippen LogP contribution in [-0.2, 0) is 41.2 Å². The minimum Gasteiger partial charge on any atom is -0.347 e. The summed E-state index contributed by atoms with van der Waals surface area (Å²) >= 11 is 0. The predicted molar refractivity (Wildman–Crippen MR) is 141 cm³/mol. The van der Waals surface area contributed by atoms with E-state index in [1.54, 1.807) is 0 Å². The molecule has 2 rings (SSSR count). The highest BCUT2D eigenvalue weighted by Gasteiger charge is 2.34. The summed E-state index contributed by atoms with van der Waals surface area (Å²) in [6.45, 7) is 5.07. The van der Waals surface area contributed by atoms with Crippen LogP contribution >= 0.6 is 0 Å². The molecule has 1 fully saturated rings. The van der Waals surface area contributed by atoms with E-state index in [1.807, 2.05) is 44.2 Å². The monoisotopic (exact) mass is 534 g/mol. The van der Waals surface area contributed by atoms with Crippen molar-refractivity contribution in [2.75, 3.05) is 12.0 Å². The molecule has 0 spiro atoms. The maximum absolute atomic E-state index is 13.3. The Morgan fingerprint density at radius 3 is 2.05 bits per heavy atom. The molecule has 4 atom stereocenters. The van der Waals surface area contributed by atoms with Gasteiger partial charge in [-0.15, -0.1) is 0 Å². The van der Waals surface area contributed by atoms with E-state index in [2.05, 4.69) is 21.3 Å². The lowest BCUT2D eigenvalue weighted by atomic mass is 10.00. The van der Waals surface area contributed by atoms with Gasteiger partial charge in [-0.2, -0.15) is 0 Å². The van der Waals surface area contributed by atoms with E-state index in [1.165, 1.54) is 13.2 Å². The average molecular weight is 535 g/mol. The van der Waals surface area contributed by atoms with Gasteiger partial charge in [-0.05, 0) is 37.2 Å². The summed E-state index contributed by atoms with van der Waals surface area (Å²) in [5, 5.41) is 10.6. The Hall–Kier alpha value is -3.08. The first-order chi connectivity index (χ1) is 17.5. The summed E-state index contributed by atoms with van der Waals surface area (Å²) in [5.74, 6) is -3.00. The van der Waals surface area contributed by atoms with E-state index in [0.717, 1.165) is 18.4 Å². The van der Waals surface area contributed by atoms with Crippen LogP contribution in [0, 0.1) is 5.92 Å². The molecule has 0 bridgehead atoms. The Labute approximate surface area is 220 Å². The fourth-order valence-electron chi connectivity index (χ4n) is 3.75. The van der Waals surface area contributed by atoms with Gasteiger partial charge in [-0.3, -0.25) is 28.2 Å². The molecule has 4 amide bonds. The Morgan fingerprint density at radius 2 is 1.51 bits per heavy atom. The first-order valence-electron chi connectivity index (χ1n) is 12.5. The second kappa shape index (κ2) is 14.6. The molecule has 0 heterocycles. The smallest absolute Gasteiger partial charge is 0.289 e. The molecule has 4 N–H and O–H groups in total. The molecule has 0 saturated heterocycles. The summed E-state index contributed by atoms with van der Waals surface area (Å²) in [4.78, 5) is 63.4. The topological polar surface area (TPSA) is 151 Å². The number of Topliss-reactive ketones (excluding diaryl/α,β-unsaturated/α-hetero) is 1. The largest absolute Gasteiger partial charge is 0.347 e. The van der Waals surface area contributed by atoms with E-state index < -0.39 is 52.4 Å². The highest BCUT2D eigenvalue weighted by Crippen LogP contribution is 2.18. The lowest BCUT2D eigenvalue weighted by Crippen LogP contribution is -2.57. The van der Waals surface area contributed by atoms with E-state index in [-0.39, 0.29) is 42.9 Å². The zero-order valence-corrected chi connectivity index (χ0v) is 22.7. The third-order valence-electron chi connectivity index (χ3n) is 5.78. The first kappa shape index (κ1) is 30.1. The van der Waals surface area contributed by atoms with Gasteiger partial charge in [0.15, 0.2) is 0 Å². The minimum absolute atomic E-state index is 0.0138. The van der Waals surface area contributed by atoms with Crippen molar-refractivity contribution >= 4 is 40.2 Å². The van der Waals surface area contributed by atoms with Crippen LogP contribution in [0.4, 0.5) is 0 Å². The van der Waals surface area contributed by atoms with Crippen LogP contribution in [0.1, 0.15) is 52.0 Å². The highest BCUT2D eigenvalue weighted by molar-refractivity contribution is 7.84. The van der Waals surface area contributed by atoms with E-state index in [4.69, 9.17) is 0 Å². The van der Waals surface area contributed by atoms with Gasteiger partial charge in [0, 0.05) is 42.2 Å². The maximum Gasteiger partial charge on any atom is 0.289 e. The van der Waals surface area contributed by atoms with Crippen LogP contribution in [-0.4, -0.2) is 69.8 Å². The number of rotatable bonds is 15. The summed E-state index contributed by atoms with van der Waals surface area (Å²) < 4.78 is 11.6. The fraction of sp³-hybridized carbons (Fsp3) is 0.577. The maximum atomic E-state index is 13.3. The molecule has 0 aromatic heterocycles. The predicted octanol–water partition coefficient (Wildman–Crippen LogP) is 0.366. The number of nitrogens with one attached hydrogen (secondary N) is 4. The van der Waals surface area contributed by atoms with Crippen molar-refractivity contribution in [1.29, 1.82) is 0 Å². The molecule has 1 aliphatic carbocycles. The molecule has 37 heavy (non-hydrogen) atoms. The van der Waals surface area contributed by atoms with Crippen molar-refractivity contribution in [3.05, 3.63) is 35.9 Å². The Morgan fingerprint density at radius 1 is 0.919 bits per heavy atom. The molecule has 204 valence electrons. The summed E-state index contributed by atoms with van der Waals surface area (Å²) in [6.07, 6.45) is 3.60. The standard InChI is InChI=1S/C26H38N4O6S/c1-16(2)14-21(30-25(34)22(27-17(3)31)15-18-8-6-5-7-9-18)24(33)29-20(12-13-37(4)36)23(32)26(35)28-19-10-11-19/h5-9,16,19-22H,10-15H2,1-4H3,(H,27,31)(H,28,35)(H,29,33)(H,30,34)/t20-,21-,22-,37?/m0/s1. The van der Waals surface area contributed by atoms with E-state index in [0.29, 0.717) is 0 Å².